The zero-order valence-corrected chi connectivity index (χ0v) is 14.2. The number of benzene rings is 1. The molecule has 1 atom stereocenters. The monoisotopic (exact) mass is 350 g/mol. The lowest BCUT2D eigenvalue weighted by Gasteiger charge is -2.24. The maximum Gasteiger partial charge on any atom is 0.262 e. The molecule has 0 radical (unpaired) electrons. The lowest BCUT2D eigenvalue weighted by Crippen LogP contribution is -2.30. The van der Waals surface area contributed by atoms with Gasteiger partial charge in [-0.15, -0.1) is 0 Å². The van der Waals surface area contributed by atoms with E-state index in [0.717, 1.165) is 5.56 Å². The van der Waals surface area contributed by atoms with Gasteiger partial charge in [0, 0.05) is 36.7 Å². The van der Waals surface area contributed by atoms with E-state index in [2.05, 4.69) is 9.97 Å². The zero-order valence-electron chi connectivity index (χ0n) is 12.6. The summed E-state index contributed by atoms with van der Waals surface area (Å²) in [4.78, 5) is 8.09. The molecule has 0 N–H and O–H groups in total. The second-order valence-corrected chi connectivity index (χ2v) is 7.55. The van der Waals surface area contributed by atoms with Crippen molar-refractivity contribution in [2.45, 2.75) is 18.0 Å². The Bertz CT molecular complexity index is 938. The molecule has 0 unspecified atom stereocenters. The Morgan fingerprint density at radius 3 is 2.61 bits per heavy atom. The first-order chi connectivity index (χ1) is 10.9. The SMILES string of the molecule is C[C@@H](c1ccc(Cl)cc1)N(C)S(=O)(=O)c1cn2ccnc2cn1. The molecule has 0 spiro atoms. The summed E-state index contributed by atoms with van der Waals surface area (Å²) in [5.41, 5.74) is 1.45. The number of nitrogens with zero attached hydrogens (tertiary/aromatic N) is 4. The van der Waals surface area contributed by atoms with Gasteiger partial charge in [0.1, 0.15) is 0 Å². The Morgan fingerprint density at radius 1 is 1.22 bits per heavy atom. The number of fused-ring (bicyclic) bond motifs is 1. The van der Waals surface area contributed by atoms with Crippen LogP contribution in [0.4, 0.5) is 0 Å². The van der Waals surface area contributed by atoms with Crippen molar-refractivity contribution in [1.82, 2.24) is 18.7 Å². The van der Waals surface area contributed by atoms with Gasteiger partial charge in [-0.25, -0.2) is 18.4 Å². The molecule has 0 bridgehead atoms. The van der Waals surface area contributed by atoms with E-state index in [1.165, 1.54) is 23.7 Å². The topological polar surface area (TPSA) is 67.6 Å². The maximum absolute atomic E-state index is 12.8. The number of halogens is 1. The number of aromatic nitrogens is 3. The fourth-order valence-electron chi connectivity index (χ4n) is 2.25. The standard InChI is InChI=1S/C15H15ClN4O2S/c1-11(12-3-5-13(16)6-4-12)19(2)23(21,22)15-10-20-8-7-17-14(20)9-18-15/h3-11H,1-2H3/t11-/m0/s1. The summed E-state index contributed by atoms with van der Waals surface area (Å²) in [5, 5.41) is 0.588. The minimum atomic E-state index is -3.73. The van der Waals surface area contributed by atoms with Crippen LogP contribution in [0.2, 0.25) is 5.02 Å². The second kappa shape index (κ2) is 5.92. The minimum absolute atomic E-state index is 0.0219. The molecule has 0 saturated heterocycles. The Balaban J connectivity index is 1.95. The van der Waals surface area contributed by atoms with Crippen molar-refractivity contribution in [3.8, 4) is 0 Å². The van der Waals surface area contributed by atoms with E-state index in [9.17, 15) is 8.42 Å². The lowest BCUT2D eigenvalue weighted by molar-refractivity contribution is 0.396. The molecular formula is C15H15ClN4O2S. The molecule has 3 rings (SSSR count). The van der Waals surface area contributed by atoms with E-state index in [4.69, 9.17) is 11.6 Å². The molecule has 2 heterocycles. The van der Waals surface area contributed by atoms with Crippen molar-refractivity contribution >= 4 is 27.3 Å². The lowest BCUT2D eigenvalue weighted by atomic mass is 10.1. The molecule has 0 aliphatic heterocycles. The molecular weight excluding hydrogens is 336 g/mol. The Morgan fingerprint density at radius 2 is 1.91 bits per heavy atom. The van der Waals surface area contributed by atoms with Gasteiger partial charge in [0.25, 0.3) is 10.0 Å². The van der Waals surface area contributed by atoms with Gasteiger partial charge < -0.3 is 4.40 Å². The van der Waals surface area contributed by atoms with Gasteiger partial charge in [0.2, 0.25) is 0 Å². The Kier molecular flexibility index (Phi) is 4.09. The van der Waals surface area contributed by atoms with Gasteiger partial charge in [-0.3, -0.25) is 0 Å². The fourth-order valence-corrected chi connectivity index (χ4v) is 3.64. The number of hydrogen-bond acceptors (Lipinski definition) is 4. The van der Waals surface area contributed by atoms with Crippen LogP contribution in [0.1, 0.15) is 18.5 Å². The third-order valence-electron chi connectivity index (χ3n) is 3.80. The quantitative estimate of drug-likeness (QED) is 0.725. The molecule has 0 amide bonds. The summed E-state index contributed by atoms with van der Waals surface area (Å²) in [6.45, 7) is 1.82. The number of hydrogen-bond donors (Lipinski definition) is 0. The summed E-state index contributed by atoms with van der Waals surface area (Å²) >= 11 is 5.88. The molecule has 2 aromatic heterocycles. The predicted molar refractivity (Wildman–Crippen MR) is 87.8 cm³/mol. The summed E-state index contributed by atoms with van der Waals surface area (Å²) in [6.07, 6.45) is 6.17. The van der Waals surface area contributed by atoms with Crippen molar-refractivity contribution in [3.05, 3.63) is 59.6 Å². The van der Waals surface area contributed by atoms with E-state index < -0.39 is 10.0 Å². The highest BCUT2D eigenvalue weighted by Gasteiger charge is 2.28. The largest absolute Gasteiger partial charge is 0.303 e. The molecule has 1 aromatic carbocycles. The summed E-state index contributed by atoms with van der Waals surface area (Å²) in [7, 11) is -2.19. The molecule has 3 aromatic rings. The van der Waals surface area contributed by atoms with Crippen molar-refractivity contribution in [3.63, 3.8) is 0 Å². The van der Waals surface area contributed by atoms with E-state index in [1.54, 1.807) is 28.9 Å². The zero-order chi connectivity index (χ0) is 16.6. The first-order valence-electron chi connectivity index (χ1n) is 6.92. The number of sulfonamides is 1. The molecule has 0 fully saturated rings. The molecule has 23 heavy (non-hydrogen) atoms. The molecule has 0 aliphatic rings. The van der Waals surface area contributed by atoms with Crippen LogP contribution in [0, 0.1) is 0 Å². The Hall–Kier alpha value is -1.96. The average molecular weight is 351 g/mol. The highest BCUT2D eigenvalue weighted by atomic mass is 35.5. The number of imidazole rings is 1. The van der Waals surface area contributed by atoms with E-state index in [-0.39, 0.29) is 11.1 Å². The summed E-state index contributed by atoms with van der Waals surface area (Å²) in [6, 6.07) is 6.75. The maximum atomic E-state index is 12.8. The van der Waals surface area contributed by atoms with E-state index in [0.29, 0.717) is 10.7 Å². The van der Waals surface area contributed by atoms with E-state index >= 15 is 0 Å². The fraction of sp³-hybridized carbons (Fsp3) is 0.200. The highest BCUT2D eigenvalue weighted by molar-refractivity contribution is 7.89. The minimum Gasteiger partial charge on any atom is -0.303 e. The van der Waals surface area contributed by atoms with Gasteiger partial charge >= 0.3 is 0 Å². The molecule has 0 saturated carbocycles. The Labute approximate surface area is 139 Å². The van der Waals surface area contributed by atoms with Crippen molar-refractivity contribution in [1.29, 1.82) is 0 Å². The average Bonchev–Trinajstić information content (AvgIpc) is 3.01. The van der Waals surface area contributed by atoms with E-state index in [1.807, 2.05) is 19.1 Å². The van der Waals surface area contributed by atoms with Crippen molar-refractivity contribution in [2.24, 2.45) is 0 Å². The van der Waals surface area contributed by atoms with Crippen LogP contribution in [-0.4, -0.2) is 34.1 Å². The van der Waals surface area contributed by atoms with Gasteiger partial charge in [0.15, 0.2) is 10.7 Å². The molecule has 120 valence electrons. The smallest absolute Gasteiger partial charge is 0.262 e. The normalized spacial score (nSPS) is 13.6. The molecule has 8 heteroatoms. The van der Waals surface area contributed by atoms with Gasteiger partial charge in [0.05, 0.1) is 6.20 Å². The third-order valence-corrected chi connectivity index (χ3v) is 5.86. The van der Waals surface area contributed by atoms with Crippen LogP contribution >= 0.6 is 11.6 Å². The van der Waals surface area contributed by atoms with Crippen molar-refractivity contribution in [2.75, 3.05) is 7.05 Å². The molecule has 6 nitrogen and oxygen atoms in total. The van der Waals surface area contributed by atoms with Crippen LogP contribution < -0.4 is 0 Å². The van der Waals surface area contributed by atoms with Gasteiger partial charge in [-0.05, 0) is 24.6 Å². The van der Waals surface area contributed by atoms with Crippen molar-refractivity contribution < 1.29 is 8.42 Å². The van der Waals surface area contributed by atoms with Crippen LogP contribution in [0.5, 0.6) is 0 Å². The van der Waals surface area contributed by atoms with Crippen LogP contribution in [-0.2, 0) is 10.0 Å². The second-order valence-electron chi connectivity index (χ2n) is 5.17. The predicted octanol–water partition coefficient (Wildman–Crippen LogP) is 2.76. The van der Waals surface area contributed by atoms with Crippen LogP contribution in [0.25, 0.3) is 5.65 Å². The summed E-state index contributed by atoms with van der Waals surface area (Å²) < 4.78 is 28.5. The highest BCUT2D eigenvalue weighted by Crippen LogP contribution is 2.25. The third kappa shape index (κ3) is 2.95. The molecule has 0 aliphatic carbocycles. The first kappa shape index (κ1) is 15.9. The van der Waals surface area contributed by atoms with Crippen LogP contribution in [0.15, 0.2) is 54.1 Å². The summed E-state index contributed by atoms with van der Waals surface area (Å²) in [5.74, 6) is 0. The van der Waals surface area contributed by atoms with Crippen LogP contribution in [0.3, 0.4) is 0 Å². The van der Waals surface area contributed by atoms with Gasteiger partial charge in [-0.2, -0.15) is 4.31 Å². The first-order valence-corrected chi connectivity index (χ1v) is 8.73. The van der Waals surface area contributed by atoms with Gasteiger partial charge in [-0.1, -0.05) is 23.7 Å². The number of rotatable bonds is 4.